The zero-order valence-electron chi connectivity index (χ0n) is 8.13. The Bertz CT molecular complexity index is 307. The number of hydrogen-bond donors (Lipinski definition) is 0. The van der Waals surface area contributed by atoms with E-state index in [1.54, 1.807) is 0 Å². The quantitative estimate of drug-likeness (QED) is 0.752. The van der Waals surface area contributed by atoms with Crippen LogP contribution in [0.5, 0.6) is 6.01 Å². The Hall–Kier alpha value is -0.540. The van der Waals surface area contributed by atoms with Crippen molar-refractivity contribution >= 4 is 23.2 Å². The number of alkyl halides is 1. The maximum atomic E-state index is 6.01. The fourth-order valence-corrected chi connectivity index (χ4v) is 1.29. The van der Waals surface area contributed by atoms with E-state index < -0.39 is 0 Å². The van der Waals surface area contributed by atoms with Gasteiger partial charge in [0.1, 0.15) is 0 Å². The van der Waals surface area contributed by atoms with E-state index in [1.807, 2.05) is 6.92 Å². The van der Waals surface area contributed by atoms with E-state index in [1.165, 1.54) is 13.3 Å². The van der Waals surface area contributed by atoms with Crippen LogP contribution in [-0.2, 0) is 6.42 Å². The van der Waals surface area contributed by atoms with E-state index in [-0.39, 0.29) is 5.38 Å². The summed E-state index contributed by atoms with van der Waals surface area (Å²) in [5.41, 5.74) is 0.736. The first-order chi connectivity index (χ1) is 6.67. The van der Waals surface area contributed by atoms with Gasteiger partial charge in [0.2, 0.25) is 0 Å². The third kappa shape index (κ3) is 3.00. The zero-order chi connectivity index (χ0) is 10.6. The van der Waals surface area contributed by atoms with Gasteiger partial charge < -0.3 is 4.74 Å². The molecule has 0 saturated heterocycles. The van der Waals surface area contributed by atoms with Gasteiger partial charge in [-0.1, -0.05) is 18.5 Å². The highest BCUT2D eigenvalue weighted by molar-refractivity contribution is 6.31. The molecule has 0 amide bonds. The smallest absolute Gasteiger partial charge is 0.316 e. The Kier molecular flexibility index (Phi) is 4.42. The van der Waals surface area contributed by atoms with Crippen molar-refractivity contribution in [2.24, 2.45) is 0 Å². The second-order valence-corrected chi connectivity index (χ2v) is 3.89. The molecule has 0 aromatic carbocycles. The first-order valence-electron chi connectivity index (χ1n) is 4.36. The Morgan fingerprint density at radius 2 is 2.29 bits per heavy atom. The van der Waals surface area contributed by atoms with Crippen LogP contribution in [0.3, 0.4) is 0 Å². The fraction of sp³-hybridized carbons (Fsp3) is 0.556. The van der Waals surface area contributed by atoms with Crippen LogP contribution in [0.15, 0.2) is 6.20 Å². The van der Waals surface area contributed by atoms with Crippen molar-refractivity contribution in [3.63, 3.8) is 0 Å². The van der Waals surface area contributed by atoms with Gasteiger partial charge >= 0.3 is 6.01 Å². The summed E-state index contributed by atoms with van der Waals surface area (Å²) in [4.78, 5) is 8.01. The topological polar surface area (TPSA) is 35.0 Å². The lowest BCUT2D eigenvalue weighted by atomic mass is 10.2. The van der Waals surface area contributed by atoms with Crippen LogP contribution in [0.4, 0.5) is 0 Å². The Morgan fingerprint density at radius 1 is 1.57 bits per heavy atom. The highest BCUT2D eigenvalue weighted by Gasteiger charge is 2.10. The molecule has 1 aromatic heterocycles. The molecule has 0 saturated carbocycles. The normalized spacial score (nSPS) is 12.6. The first kappa shape index (κ1) is 11.5. The van der Waals surface area contributed by atoms with Gasteiger partial charge in [0, 0.05) is 11.8 Å². The fourth-order valence-electron chi connectivity index (χ4n) is 0.980. The lowest BCUT2D eigenvalue weighted by Crippen LogP contribution is -2.05. The lowest BCUT2D eigenvalue weighted by molar-refractivity contribution is 0.378. The molecule has 0 radical (unpaired) electrons. The minimum atomic E-state index is 0.0482. The number of rotatable bonds is 4. The molecule has 1 unspecified atom stereocenters. The van der Waals surface area contributed by atoms with Crippen molar-refractivity contribution in [1.29, 1.82) is 0 Å². The van der Waals surface area contributed by atoms with Crippen molar-refractivity contribution in [1.82, 2.24) is 9.97 Å². The summed E-state index contributed by atoms with van der Waals surface area (Å²) in [7, 11) is 1.52. The largest absolute Gasteiger partial charge is 0.467 e. The number of methoxy groups -OCH3 is 1. The molecule has 1 aromatic rings. The summed E-state index contributed by atoms with van der Waals surface area (Å²) in [6, 6.07) is 0.323. The van der Waals surface area contributed by atoms with Gasteiger partial charge in [-0.2, -0.15) is 4.98 Å². The van der Waals surface area contributed by atoms with Crippen LogP contribution in [0.25, 0.3) is 0 Å². The van der Waals surface area contributed by atoms with Gasteiger partial charge in [-0.05, 0) is 6.42 Å². The second-order valence-electron chi connectivity index (χ2n) is 2.86. The van der Waals surface area contributed by atoms with Gasteiger partial charge in [0.25, 0.3) is 0 Å². The molecule has 1 atom stereocenters. The van der Waals surface area contributed by atoms with Crippen LogP contribution in [0, 0.1) is 0 Å². The van der Waals surface area contributed by atoms with E-state index in [9.17, 15) is 0 Å². The van der Waals surface area contributed by atoms with E-state index in [0.717, 1.165) is 12.1 Å². The van der Waals surface area contributed by atoms with Crippen molar-refractivity contribution in [2.75, 3.05) is 7.11 Å². The van der Waals surface area contributed by atoms with Crippen LogP contribution in [0.1, 0.15) is 19.0 Å². The molecule has 5 heteroatoms. The standard InChI is InChI=1S/C9H12Cl2N2O/c1-3-6(10)4-8-7(11)5-12-9(13-8)14-2/h5-6H,3-4H2,1-2H3. The molecular formula is C9H12Cl2N2O. The average Bonchev–Trinajstić information content (AvgIpc) is 2.21. The van der Waals surface area contributed by atoms with E-state index >= 15 is 0 Å². The van der Waals surface area contributed by atoms with E-state index in [0.29, 0.717) is 17.5 Å². The van der Waals surface area contributed by atoms with Crippen molar-refractivity contribution in [3.05, 3.63) is 16.9 Å². The Balaban J connectivity index is 2.83. The summed E-state index contributed by atoms with van der Waals surface area (Å²) >= 11 is 11.9. The van der Waals surface area contributed by atoms with Gasteiger partial charge in [-0.25, -0.2) is 4.98 Å². The zero-order valence-corrected chi connectivity index (χ0v) is 9.64. The number of aromatic nitrogens is 2. The molecule has 1 heterocycles. The number of hydrogen-bond acceptors (Lipinski definition) is 3. The van der Waals surface area contributed by atoms with Gasteiger partial charge in [0.15, 0.2) is 0 Å². The second kappa shape index (κ2) is 5.37. The average molecular weight is 235 g/mol. The van der Waals surface area contributed by atoms with Gasteiger partial charge in [0.05, 0.1) is 24.0 Å². The molecule has 1 rings (SSSR count). The summed E-state index contributed by atoms with van der Waals surface area (Å²) in [6.45, 7) is 2.02. The van der Waals surface area contributed by atoms with Crippen molar-refractivity contribution in [3.8, 4) is 6.01 Å². The molecule has 0 spiro atoms. The third-order valence-corrected chi connectivity index (χ3v) is 2.61. The lowest BCUT2D eigenvalue weighted by Gasteiger charge is -2.07. The highest BCUT2D eigenvalue weighted by atomic mass is 35.5. The maximum Gasteiger partial charge on any atom is 0.316 e. The summed E-state index contributed by atoms with van der Waals surface area (Å²) < 4.78 is 4.90. The summed E-state index contributed by atoms with van der Waals surface area (Å²) in [6.07, 6.45) is 3.04. The molecule has 0 aliphatic carbocycles. The number of nitrogens with zero attached hydrogens (tertiary/aromatic N) is 2. The van der Waals surface area contributed by atoms with E-state index in [4.69, 9.17) is 27.9 Å². The van der Waals surface area contributed by atoms with E-state index in [2.05, 4.69) is 9.97 Å². The third-order valence-electron chi connectivity index (χ3n) is 1.84. The minimum absolute atomic E-state index is 0.0482. The van der Waals surface area contributed by atoms with Crippen LogP contribution < -0.4 is 4.74 Å². The molecular weight excluding hydrogens is 223 g/mol. The summed E-state index contributed by atoms with van der Waals surface area (Å²) in [5, 5.41) is 0.581. The van der Waals surface area contributed by atoms with Crippen molar-refractivity contribution in [2.45, 2.75) is 25.1 Å². The minimum Gasteiger partial charge on any atom is -0.467 e. The molecule has 0 aliphatic heterocycles. The molecule has 0 bridgehead atoms. The van der Waals surface area contributed by atoms with Gasteiger partial charge in [-0.3, -0.25) is 0 Å². The summed E-state index contributed by atoms with van der Waals surface area (Å²) in [5.74, 6) is 0. The van der Waals surface area contributed by atoms with Crippen LogP contribution in [0.2, 0.25) is 5.02 Å². The molecule has 0 fully saturated rings. The SMILES string of the molecule is CCC(Cl)Cc1nc(OC)ncc1Cl. The Morgan fingerprint density at radius 3 is 2.86 bits per heavy atom. The number of ether oxygens (including phenoxy) is 1. The molecule has 3 nitrogen and oxygen atoms in total. The molecule has 0 aliphatic rings. The number of halogens is 2. The molecule has 0 N–H and O–H groups in total. The maximum absolute atomic E-state index is 6.01. The Labute approximate surface area is 93.4 Å². The highest BCUT2D eigenvalue weighted by Crippen LogP contribution is 2.19. The van der Waals surface area contributed by atoms with Crippen molar-refractivity contribution < 1.29 is 4.74 Å². The van der Waals surface area contributed by atoms with Crippen LogP contribution >= 0.6 is 23.2 Å². The molecule has 14 heavy (non-hydrogen) atoms. The predicted molar refractivity (Wildman–Crippen MR) is 57.2 cm³/mol. The monoisotopic (exact) mass is 234 g/mol. The molecule has 78 valence electrons. The predicted octanol–water partition coefficient (Wildman–Crippen LogP) is 2.70. The van der Waals surface area contributed by atoms with Gasteiger partial charge in [-0.15, -0.1) is 11.6 Å². The first-order valence-corrected chi connectivity index (χ1v) is 5.18. The van der Waals surface area contributed by atoms with Crippen LogP contribution in [-0.4, -0.2) is 22.5 Å².